The molecule has 0 aliphatic rings. The second-order valence-corrected chi connectivity index (χ2v) is 6.44. The Labute approximate surface area is 169 Å². The Morgan fingerprint density at radius 1 is 1.04 bits per heavy atom. The summed E-state index contributed by atoms with van der Waals surface area (Å²) in [5, 5.41) is 0.499. The first-order valence-electron chi connectivity index (χ1n) is 8.78. The second-order valence-electron chi connectivity index (χ2n) is 6.00. The van der Waals surface area contributed by atoms with Crippen molar-refractivity contribution in [1.29, 1.82) is 0 Å². The number of hydrogen-bond acceptors (Lipinski definition) is 5. The lowest BCUT2D eigenvalue weighted by Gasteiger charge is -2.28. The lowest BCUT2D eigenvalue weighted by atomic mass is 10.1. The van der Waals surface area contributed by atoms with Gasteiger partial charge in [0.15, 0.2) is 5.78 Å². The van der Waals surface area contributed by atoms with Gasteiger partial charge in [-0.3, -0.25) is 19.3 Å². The molecule has 0 aromatic heterocycles. The maximum absolute atomic E-state index is 13.2. The molecule has 0 aliphatic carbocycles. The molecule has 0 spiro atoms. The van der Waals surface area contributed by atoms with Gasteiger partial charge in [-0.15, -0.1) is 0 Å². The summed E-state index contributed by atoms with van der Waals surface area (Å²) in [5.74, 6) is -0.802. The summed E-state index contributed by atoms with van der Waals surface area (Å²) in [6.45, 7) is 3.44. The third kappa shape index (κ3) is 5.33. The molecule has 7 heteroatoms. The van der Waals surface area contributed by atoms with Crippen LogP contribution >= 0.6 is 11.6 Å². The number of hydrogen-bond donors (Lipinski definition) is 0. The van der Waals surface area contributed by atoms with Crippen LogP contribution in [0, 0.1) is 0 Å². The molecule has 1 unspecified atom stereocenters. The van der Waals surface area contributed by atoms with Crippen LogP contribution < -0.4 is 9.64 Å². The molecule has 0 aliphatic heterocycles. The van der Waals surface area contributed by atoms with Crippen molar-refractivity contribution in [3.63, 3.8) is 0 Å². The Balaban J connectivity index is 2.36. The first-order chi connectivity index (χ1) is 13.4. The highest BCUT2D eigenvalue weighted by Gasteiger charge is 2.29. The van der Waals surface area contributed by atoms with Crippen LogP contribution in [0.5, 0.6) is 5.75 Å². The van der Waals surface area contributed by atoms with Crippen molar-refractivity contribution in [1.82, 2.24) is 0 Å². The Hall–Kier alpha value is -2.86. The van der Waals surface area contributed by atoms with Gasteiger partial charge in [-0.2, -0.15) is 0 Å². The quantitative estimate of drug-likeness (QED) is 0.493. The molecule has 0 radical (unpaired) electrons. The van der Waals surface area contributed by atoms with Gasteiger partial charge < -0.3 is 9.47 Å². The van der Waals surface area contributed by atoms with Gasteiger partial charge in [-0.05, 0) is 62.4 Å². The number of methoxy groups -OCH3 is 1. The minimum absolute atomic E-state index is 0.187. The minimum atomic E-state index is -0.874. The van der Waals surface area contributed by atoms with Crippen molar-refractivity contribution in [2.24, 2.45) is 0 Å². The van der Waals surface area contributed by atoms with Crippen LogP contribution in [0.25, 0.3) is 0 Å². The highest BCUT2D eigenvalue weighted by atomic mass is 35.5. The fourth-order valence-electron chi connectivity index (χ4n) is 2.64. The monoisotopic (exact) mass is 403 g/mol. The van der Waals surface area contributed by atoms with Gasteiger partial charge in [-0.1, -0.05) is 11.6 Å². The molecule has 148 valence electrons. The molecule has 2 aromatic carbocycles. The lowest BCUT2D eigenvalue weighted by Crippen LogP contribution is -2.44. The number of carbonyl (C=O) groups is 3. The van der Waals surface area contributed by atoms with Gasteiger partial charge in [0.05, 0.1) is 19.8 Å². The van der Waals surface area contributed by atoms with Crippen molar-refractivity contribution >= 4 is 34.9 Å². The van der Waals surface area contributed by atoms with Crippen molar-refractivity contribution in [3.05, 3.63) is 59.1 Å². The maximum Gasteiger partial charge on any atom is 0.313 e. The molecule has 0 saturated carbocycles. The molecular formula is C21H22ClNO5. The molecule has 6 nitrogen and oxygen atoms in total. The summed E-state index contributed by atoms with van der Waals surface area (Å²) >= 11 is 5.90. The van der Waals surface area contributed by atoms with Gasteiger partial charge in [-0.25, -0.2) is 0 Å². The van der Waals surface area contributed by atoms with E-state index >= 15 is 0 Å². The van der Waals surface area contributed by atoms with Crippen molar-refractivity contribution < 1.29 is 23.9 Å². The average molecular weight is 404 g/mol. The van der Waals surface area contributed by atoms with E-state index in [1.807, 2.05) is 0 Å². The van der Waals surface area contributed by atoms with Crippen molar-refractivity contribution in [2.75, 3.05) is 18.6 Å². The van der Waals surface area contributed by atoms with E-state index in [0.717, 1.165) is 0 Å². The zero-order valence-corrected chi connectivity index (χ0v) is 16.7. The number of esters is 1. The smallest absolute Gasteiger partial charge is 0.313 e. The van der Waals surface area contributed by atoms with Crippen molar-refractivity contribution in [3.8, 4) is 5.75 Å². The van der Waals surface area contributed by atoms with Gasteiger partial charge in [0, 0.05) is 16.3 Å². The summed E-state index contributed by atoms with van der Waals surface area (Å²) in [6.07, 6.45) is -0.407. The number of anilines is 1. The number of benzene rings is 2. The molecule has 0 N–H and O–H groups in total. The maximum atomic E-state index is 13.2. The molecule has 28 heavy (non-hydrogen) atoms. The number of ketones is 1. The Bertz CT molecular complexity index is 833. The van der Waals surface area contributed by atoms with Crippen LogP contribution in [0.4, 0.5) is 5.69 Å². The number of halogens is 1. The van der Waals surface area contributed by atoms with Crippen LogP contribution in [-0.2, 0) is 14.3 Å². The predicted octanol–water partition coefficient (Wildman–Crippen LogP) is 3.91. The first-order valence-corrected chi connectivity index (χ1v) is 9.16. The molecule has 1 amide bonds. The van der Waals surface area contributed by atoms with Crippen LogP contribution in [0.3, 0.4) is 0 Å². The van der Waals surface area contributed by atoms with E-state index in [1.165, 1.54) is 12.0 Å². The van der Waals surface area contributed by atoms with Crippen molar-refractivity contribution in [2.45, 2.75) is 26.3 Å². The standard InChI is InChI=1S/C21H22ClNO5/c1-4-28-20(25)13-19(24)14(2)23(17-9-11-18(27-3)12-10-17)21(26)15-5-7-16(22)8-6-15/h5-12,14H,4,13H2,1-3H3. The summed E-state index contributed by atoms with van der Waals surface area (Å²) < 4.78 is 9.99. The largest absolute Gasteiger partial charge is 0.497 e. The van der Waals surface area contributed by atoms with Gasteiger partial charge in [0.2, 0.25) is 0 Å². The number of carbonyl (C=O) groups excluding carboxylic acids is 3. The lowest BCUT2D eigenvalue weighted by molar-refractivity contribution is -0.145. The molecule has 0 heterocycles. The SMILES string of the molecule is CCOC(=O)CC(=O)C(C)N(C(=O)c1ccc(Cl)cc1)c1ccc(OC)cc1. The Morgan fingerprint density at radius 3 is 2.18 bits per heavy atom. The molecule has 0 fully saturated rings. The van der Waals surface area contributed by atoms with E-state index in [4.69, 9.17) is 21.1 Å². The fourth-order valence-corrected chi connectivity index (χ4v) is 2.76. The zero-order chi connectivity index (χ0) is 20.7. The molecule has 0 saturated heterocycles. The average Bonchev–Trinajstić information content (AvgIpc) is 2.69. The summed E-state index contributed by atoms with van der Waals surface area (Å²) in [5.41, 5.74) is 0.876. The summed E-state index contributed by atoms with van der Waals surface area (Å²) in [7, 11) is 1.54. The molecule has 1 atom stereocenters. The minimum Gasteiger partial charge on any atom is -0.497 e. The first kappa shape index (κ1) is 21.4. The van der Waals surface area contributed by atoms with E-state index < -0.39 is 24.2 Å². The van der Waals surface area contributed by atoms with E-state index in [-0.39, 0.29) is 12.5 Å². The van der Waals surface area contributed by atoms with Crippen LogP contribution in [0.15, 0.2) is 48.5 Å². The zero-order valence-electron chi connectivity index (χ0n) is 16.0. The third-order valence-corrected chi connectivity index (χ3v) is 4.39. The third-order valence-electron chi connectivity index (χ3n) is 4.14. The molecular weight excluding hydrogens is 382 g/mol. The van der Waals surface area contributed by atoms with Gasteiger partial charge >= 0.3 is 5.97 Å². The van der Waals surface area contributed by atoms with Crippen LogP contribution in [0.2, 0.25) is 5.02 Å². The van der Waals surface area contributed by atoms with Crippen LogP contribution in [-0.4, -0.2) is 37.4 Å². The normalized spacial score (nSPS) is 11.4. The second kappa shape index (κ2) is 9.90. The van der Waals surface area contributed by atoms with Crippen LogP contribution in [0.1, 0.15) is 30.6 Å². The van der Waals surface area contributed by atoms with E-state index in [2.05, 4.69) is 0 Å². The highest BCUT2D eigenvalue weighted by molar-refractivity contribution is 6.30. The van der Waals surface area contributed by atoms with E-state index in [0.29, 0.717) is 22.0 Å². The fraction of sp³-hybridized carbons (Fsp3) is 0.286. The summed E-state index contributed by atoms with van der Waals surface area (Å²) in [6, 6.07) is 12.3. The molecule has 2 aromatic rings. The number of rotatable bonds is 8. The highest BCUT2D eigenvalue weighted by Crippen LogP contribution is 2.24. The Kier molecular flexibility index (Phi) is 7.58. The topological polar surface area (TPSA) is 72.9 Å². The number of Topliss-reactive ketones (excluding diaryl/α,β-unsaturated/α-hetero) is 1. The summed E-state index contributed by atoms with van der Waals surface area (Å²) in [4.78, 5) is 38.8. The van der Waals surface area contributed by atoms with E-state index in [1.54, 1.807) is 62.4 Å². The number of nitrogens with zero attached hydrogens (tertiary/aromatic N) is 1. The van der Waals surface area contributed by atoms with Gasteiger partial charge in [0.1, 0.15) is 12.2 Å². The number of ether oxygens (including phenoxy) is 2. The molecule has 2 rings (SSSR count). The van der Waals surface area contributed by atoms with Gasteiger partial charge in [0.25, 0.3) is 5.91 Å². The van der Waals surface area contributed by atoms with E-state index in [9.17, 15) is 14.4 Å². The predicted molar refractivity (Wildman–Crippen MR) is 107 cm³/mol. The number of amides is 1. The Morgan fingerprint density at radius 2 is 1.64 bits per heavy atom. The molecule has 0 bridgehead atoms.